The van der Waals surface area contributed by atoms with Crippen LogP contribution >= 0.6 is 0 Å². The molecule has 0 N–H and O–H groups in total. The van der Waals surface area contributed by atoms with Crippen molar-refractivity contribution in [1.82, 2.24) is 14.8 Å². The third-order valence-corrected chi connectivity index (χ3v) is 3.92. The predicted molar refractivity (Wildman–Crippen MR) is 88.5 cm³/mol. The van der Waals surface area contributed by atoms with Gasteiger partial charge in [0.1, 0.15) is 11.2 Å². The average Bonchev–Trinajstić information content (AvgIpc) is 2.85. The molecule has 3 aromatic rings. The Bertz CT molecular complexity index is 934. The lowest BCUT2D eigenvalue weighted by Gasteiger charge is -2.09. The van der Waals surface area contributed by atoms with Gasteiger partial charge in [0.15, 0.2) is 0 Å². The van der Waals surface area contributed by atoms with Gasteiger partial charge in [-0.3, -0.25) is 19.8 Å². The van der Waals surface area contributed by atoms with Crippen molar-refractivity contribution in [2.24, 2.45) is 0 Å². The van der Waals surface area contributed by atoms with E-state index in [1.807, 2.05) is 13.8 Å². The quantitative estimate of drug-likeness (QED) is 0.537. The molecule has 0 aliphatic heterocycles. The van der Waals surface area contributed by atoms with Crippen LogP contribution in [0.25, 0.3) is 10.9 Å². The molecule has 3 rings (SSSR count). The molecule has 2 heterocycles. The number of halogens is 1. The first-order chi connectivity index (χ1) is 11.4. The highest BCUT2D eigenvalue weighted by Gasteiger charge is 2.19. The van der Waals surface area contributed by atoms with E-state index in [4.69, 9.17) is 0 Å². The molecule has 0 saturated heterocycles. The zero-order valence-corrected chi connectivity index (χ0v) is 13.7. The average molecular weight is 328 g/mol. The van der Waals surface area contributed by atoms with E-state index in [9.17, 15) is 14.5 Å². The first kappa shape index (κ1) is 16.0. The number of aromatic nitrogens is 3. The summed E-state index contributed by atoms with van der Waals surface area (Å²) in [5, 5.41) is 16.1. The van der Waals surface area contributed by atoms with E-state index in [1.54, 1.807) is 29.8 Å². The molecule has 0 saturated carbocycles. The van der Waals surface area contributed by atoms with Crippen LogP contribution < -0.4 is 0 Å². The van der Waals surface area contributed by atoms with Gasteiger partial charge in [0, 0.05) is 6.07 Å². The van der Waals surface area contributed by atoms with Crippen LogP contribution in [-0.4, -0.2) is 19.7 Å². The van der Waals surface area contributed by atoms with E-state index in [2.05, 4.69) is 10.1 Å². The molecular formula is C17H17FN4O2. The zero-order chi connectivity index (χ0) is 17.4. The lowest BCUT2D eigenvalue weighted by atomic mass is 10.1. The molecule has 0 amide bonds. The van der Waals surface area contributed by atoms with E-state index in [0.717, 1.165) is 0 Å². The van der Waals surface area contributed by atoms with E-state index in [-0.39, 0.29) is 17.4 Å². The third kappa shape index (κ3) is 2.73. The van der Waals surface area contributed by atoms with Crippen LogP contribution in [0.15, 0.2) is 30.3 Å². The van der Waals surface area contributed by atoms with Gasteiger partial charge < -0.3 is 0 Å². The topological polar surface area (TPSA) is 73.8 Å². The van der Waals surface area contributed by atoms with E-state index in [0.29, 0.717) is 34.5 Å². The number of fused-ring (bicyclic) bond motifs is 1. The van der Waals surface area contributed by atoms with Crippen LogP contribution in [0.2, 0.25) is 0 Å². The molecule has 0 aliphatic rings. The molecule has 2 aromatic heterocycles. The van der Waals surface area contributed by atoms with Gasteiger partial charge in [-0.25, -0.2) is 4.39 Å². The van der Waals surface area contributed by atoms with Crippen molar-refractivity contribution in [2.45, 2.75) is 33.2 Å². The van der Waals surface area contributed by atoms with Crippen LogP contribution in [0.4, 0.5) is 10.1 Å². The fraction of sp³-hybridized carbons (Fsp3) is 0.294. The van der Waals surface area contributed by atoms with Crippen molar-refractivity contribution in [3.05, 3.63) is 63.3 Å². The Hall–Kier alpha value is -2.83. The van der Waals surface area contributed by atoms with Crippen LogP contribution in [0.3, 0.4) is 0 Å². The predicted octanol–water partition coefficient (Wildman–Crippen LogP) is 3.96. The van der Waals surface area contributed by atoms with Gasteiger partial charge in [-0.05, 0) is 31.0 Å². The second kappa shape index (κ2) is 5.99. The first-order valence-corrected chi connectivity index (χ1v) is 7.64. The van der Waals surface area contributed by atoms with Gasteiger partial charge in [-0.15, -0.1) is 0 Å². The van der Waals surface area contributed by atoms with Crippen LogP contribution in [0.5, 0.6) is 0 Å². The maximum absolute atomic E-state index is 13.8. The molecule has 0 bridgehead atoms. The molecule has 0 aliphatic carbocycles. The summed E-state index contributed by atoms with van der Waals surface area (Å²) in [5.74, 6) is -0.354. The van der Waals surface area contributed by atoms with Gasteiger partial charge >= 0.3 is 0 Å². The maximum atomic E-state index is 13.8. The van der Waals surface area contributed by atoms with Crippen molar-refractivity contribution in [3.8, 4) is 0 Å². The van der Waals surface area contributed by atoms with E-state index >= 15 is 0 Å². The Kier molecular flexibility index (Phi) is 4.01. The number of hydrogen-bond acceptors (Lipinski definition) is 4. The maximum Gasteiger partial charge on any atom is 0.280 e. The number of benzene rings is 1. The summed E-state index contributed by atoms with van der Waals surface area (Å²) in [6.45, 7) is 5.83. The van der Waals surface area contributed by atoms with Crippen molar-refractivity contribution < 1.29 is 9.31 Å². The summed E-state index contributed by atoms with van der Waals surface area (Å²) in [6, 6.07) is 7.90. The summed E-state index contributed by atoms with van der Waals surface area (Å²) in [6.07, 6.45) is 0. The lowest BCUT2D eigenvalue weighted by molar-refractivity contribution is -0.383. The van der Waals surface area contributed by atoms with Crippen LogP contribution in [0.1, 0.15) is 36.8 Å². The molecule has 24 heavy (non-hydrogen) atoms. The third-order valence-electron chi connectivity index (χ3n) is 3.92. The minimum Gasteiger partial charge on any atom is -0.258 e. The standard InChI is InChI=1S/C17H17FN4O2/c1-10(2)17-13(18)8-7-12(19-17)9-21-14-5-4-6-15(22(23)24)16(14)11(3)20-21/h4-8,10H,9H2,1-3H3. The number of aryl methyl sites for hydroxylation is 1. The normalized spacial score (nSPS) is 11.4. The fourth-order valence-corrected chi connectivity index (χ4v) is 2.82. The van der Waals surface area contributed by atoms with Crippen molar-refractivity contribution >= 4 is 16.6 Å². The molecule has 0 atom stereocenters. The second-order valence-electron chi connectivity index (χ2n) is 6.00. The SMILES string of the molecule is Cc1nn(Cc2ccc(F)c(C(C)C)n2)c2cccc([N+](=O)[O-])c12. The number of nitro benzene ring substituents is 1. The highest BCUT2D eigenvalue weighted by atomic mass is 19.1. The molecule has 0 unspecified atom stereocenters. The van der Waals surface area contributed by atoms with E-state index < -0.39 is 4.92 Å². The summed E-state index contributed by atoms with van der Waals surface area (Å²) in [7, 11) is 0. The number of rotatable bonds is 4. The zero-order valence-electron chi connectivity index (χ0n) is 13.7. The van der Waals surface area contributed by atoms with Crippen molar-refractivity contribution in [2.75, 3.05) is 0 Å². The highest BCUT2D eigenvalue weighted by molar-refractivity contribution is 5.90. The summed E-state index contributed by atoms with van der Waals surface area (Å²) in [5.41, 5.74) is 2.36. The number of nitrogens with zero attached hydrogens (tertiary/aromatic N) is 4. The molecule has 7 heteroatoms. The Morgan fingerprint density at radius 1 is 1.29 bits per heavy atom. The molecule has 1 aromatic carbocycles. The molecule has 0 fully saturated rings. The monoisotopic (exact) mass is 328 g/mol. The largest absolute Gasteiger partial charge is 0.280 e. The minimum atomic E-state index is -0.408. The second-order valence-corrected chi connectivity index (χ2v) is 6.00. The summed E-state index contributed by atoms with van der Waals surface area (Å²) in [4.78, 5) is 15.2. The first-order valence-electron chi connectivity index (χ1n) is 7.64. The number of pyridine rings is 1. The lowest BCUT2D eigenvalue weighted by Crippen LogP contribution is -2.07. The molecule has 0 spiro atoms. The molecule has 124 valence electrons. The molecule has 0 radical (unpaired) electrons. The van der Waals surface area contributed by atoms with Crippen LogP contribution in [0, 0.1) is 22.9 Å². The van der Waals surface area contributed by atoms with Gasteiger partial charge in [0.25, 0.3) is 5.69 Å². The smallest absolute Gasteiger partial charge is 0.258 e. The number of nitro groups is 1. The molecule has 6 nitrogen and oxygen atoms in total. The summed E-state index contributed by atoms with van der Waals surface area (Å²) < 4.78 is 15.5. The summed E-state index contributed by atoms with van der Waals surface area (Å²) >= 11 is 0. The van der Waals surface area contributed by atoms with Crippen molar-refractivity contribution in [3.63, 3.8) is 0 Å². The highest BCUT2D eigenvalue weighted by Crippen LogP contribution is 2.28. The van der Waals surface area contributed by atoms with Crippen LogP contribution in [-0.2, 0) is 6.54 Å². The van der Waals surface area contributed by atoms with Gasteiger partial charge in [-0.1, -0.05) is 19.9 Å². The van der Waals surface area contributed by atoms with Gasteiger partial charge in [0.05, 0.1) is 34.1 Å². The van der Waals surface area contributed by atoms with E-state index in [1.165, 1.54) is 12.1 Å². The fourth-order valence-electron chi connectivity index (χ4n) is 2.82. The molecular weight excluding hydrogens is 311 g/mol. The number of non-ortho nitro benzene ring substituents is 1. The Balaban J connectivity index is 2.07. The van der Waals surface area contributed by atoms with Gasteiger partial charge in [0.2, 0.25) is 0 Å². The van der Waals surface area contributed by atoms with Crippen molar-refractivity contribution in [1.29, 1.82) is 0 Å². The van der Waals surface area contributed by atoms with Gasteiger partial charge in [-0.2, -0.15) is 5.10 Å². The Labute approximate surface area is 138 Å². The Morgan fingerprint density at radius 2 is 2.04 bits per heavy atom. The number of hydrogen-bond donors (Lipinski definition) is 0. The Morgan fingerprint density at radius 3 is 2.71 bits per heavy atom. The minimum absolute atomic E-state index is 0.0258.